The van der Waals surface area contributed by atoms with E-state index in [1.807, 2.05) is 0 Å². The van der Waals surface area contributed by atoms with Crippen LogP contribution in [-0.2, 0) is 19.9 Å². The predicted octanol–water partition coefficient (Wildman–Crippen LogP) is 2.31. The third-order valence-corrected chi connectivity index (χ3v) is 2.80. The number of carboxylic acid groups (broad SMARTS) is 1. The zero-order valence-corrected chi connectivity index (χ0v) is 12.4. The van der Waals surface area contributed by atoms with Gasteiger partial charge in [0.15, 0.2) is 5.54 Å². The Balaban J connectivity index is 3.18. The van der Waals surface area contributed by atoms with Crippen LogP contribution in [0.4, 0.5) is 0 Å². The van der Waals surface area contributed by atoms with E-state index in [4.69, 9.17) is 27.2 Å². The molecular weight excluding hydrogens is 282 g/mol. The van der Waals surface area contributed by atoms with Crippen molar-refractivity contribution in [3.05, 3.63) is 34.9 Å². The monoisotopic (exact) mass is 299 g/mol. The molecule has 5 nitrogen and oxygen atoms in total. The third kappa shape index (κ3) is 4.21. The van der Waals surface area contributed by atoms with Crippen molar-refractivity contribution in [3.8, 4) is 0 Å². The van der Waals surface area contributed by atoms with E-state index in [1.54, 1.807) is 32.9 Å². The number of hydrogen-bond donors (Lipinski definition) is 2. The molecule has 0 bridgehead atoms. The lowest BCUT2D eigenvalue weighted by Gasteiger charge is -2.30. The number of carbonyl (C=O) groups excluding carboxylic acids is 1. The van der Waals surface area contributed by atoms with Gasteiger partial charge in [-0.15, -0.1) is 0 Å². The second-order valence-corrected chi connectivity index (χ2v) is 5.99. The molecule has 1 rings (SSSR count). The van der Waals surface area contributed by atoms with Gasteiger partial charge < -0.3 is 15.6 Å². The molecule has 0 radical (unpaired) electrons. The fourth-order valence-corrected chi connectivity index (χ4v) is 1.77. The molecule has 20 heavy (non-hydrogen) atoms. The molecule has 3 N–H and O–H groups in total. The maximum Gasteiger partial charge on any atom is 0.331 e. The number of rotatable bonds is 4. The summed E-state index contributed by atoms with van der Waals surface area (Å²) in [6.07, 6.45) is -0.566. The van der Waals surface area contributed by atoms with Gasteiger partial charge in [0, 0.05) is 5.02 Å². The highest BCUT2D eigenvalue weighted by molar-refractivity contribution is 6.30. The van der Waals surface area contributed by atoms with Gasteiger partial charge >= 0.3 is 11.9 Å². The molecule has 0 saturated carbocycles. The molecular formula is C14H18ClNO4. The standard InChI is InChI=1S/C14H18ClNO4/c1-13(2,3)20-12(19)14(16,8-11(17)18)9-4-6-10(15)7-5-9/h4-7H,8,16H2,1-3H3,(H,17,18)/t14-/m0/s1. The van der Waals surface area contributed by atoms with Gasteiger partial charge in [-0.05, 0) is 38.5 Å². The van der Waals surface area contributed by atoms with E-state index in [9.17, 15) is 9.59 Å². The number of benzene rings is 1. The molecule has 0 heterocycles. The van der Waals surface area contributed by atoms with Crippen LogP contribution in [0.15, 0.2) is 24.3 Å². The Morgan fingerprint density at radius 3 is 2.15 bits per heavy atom. The Kier molecular flexibility index (Phi) is 4.78. The van der Waals surface area contributed by atoms with Gasteiger partial charge in [0.1, 0.15) is 5.60 Å². The van der Waals surface area contributed by atoms with Crippen LogP contribution in [0.3, 0.4) is 0 Å². The summed E-state index contributed by atoms with van der Waals surface area (Å²) in [5, 5.41) is 9.47. The van der Waals surface area contributed by atoms with E-state index in [1.165, 1.54) is 12.1 Å². The fourth-order valence-electron chi connectivity index (χ4n) is 1.65. The molecule has 6 heteroatoms. The predicted molar refractivity (Wildman–Crippen MR) is 75.4 cm³/mol. The molecule has 0 spiro atoms. The number of carbonyl (C=O) groups is 2. The summed E-state index contributed by atoms with van der Waals surface area (Å²) in [6, 6.07) is 6.14. The van der Waals surface area contributed by atoms with Crippen LogP contribution in [-0.4, -0.2) is 22.6 Å². The number of esters is 1. The van der Waals surface area contributed by atoms with Crippen LogP contribution >= 0.6 is 11.6 Å². The van der Waals surface area contributed by atoms with Gasteiger partial charge in [0.25, 0.3) is 0 Å². The summed E-state index contributed by atoms with van der Waals surface area (Å²) in [6.45, 7) is 5.07. The molecule has 1 aromatic carbocycles. The van der Waals surface area contributed by atoms with Gasteiger partial charge in [-0.2, -0.15) is 0 Å². The average molecular weight is 300 g/mol. The van der Waals surface area contributed by atoms with E-state index in [2.05, 4.69) is 0 Å². The van der Waals surface area contributed by atoms with Crippen LogP contribution in [0, 0.1) is 0 Å². The average Bonchev–Trinajstić information content (AvgIpc) is 2.26. The van der Waals surface area contributed by atoms with Crippen LogP contribution in [0.5, 0.6) is 0 Å². The highest BCUT2D eigenvalue weighted by Gasteiger charge is 2.41. The first-order valence-electron chi connectivity index (χ1n) is 6.05. The zero-order valence-electron chi connectivity index (χ0n) is 11.6. The first-order valence-corrected chi connectivity index (χ1v) is 6.42. The summed E-state index contributed by atoms with van der Waals surface area (Å²) in [5.74, 6) is -1.97. The van der Waals surface area contributed by atoms with Crippen LogP contribution in [0.2, 0.25) is 5.02 Å². The van der Waals surface area contributed by atoms with Gasteiger partial charge in [0.2, 0.25) is 0 Å². The minimum atomic E-state index is -1.75. The lowest BCUT2D eigenvalue weighted by Crippen LogP contribution is -2.49. The molecule has 0 amide bonds. The lowest BCUT2D eigenvalue weighted by molar-refractivity contribution is -0.165. The first-order chi connectivity index (χ1) is 9.04. The summed E-state index contributed by atoms with van der Waals surface area (Å²) in [5.41, 5.74) is 3.86. The third-order valence-electron chi connectivity index (χ3n) is 2.55. The Bertz CT molecular complexity index is 507. The first kappa shape index (κ1) is 16.5. The number of ether oxygens (including phenoxy) is 1. The Hall–Kier alpha value is -1.59. The van der Waals surface area contributed by atoms with Gasteiger partial charge in [-0.3, -0.25) is 4.79 Å². The van der Waals surface area contributed by atoms with Crippen molar-refractivity contribution in [2.75, 3.05) is 0 Å². The van der Waals surface area contributed by atoms with Crippen molar-refractivity contribution in [3.63, 3.8) is 0 Å². The highest BCUT2D eigenvalue weighted by Crippen LogP contribution is 2.27. The smallest absolute Gasteiger partial charge is 0.331 e. The van der Waals surface area contributed by atoms with Gasteiger partial charge in [-0.1, -0.05) is 23.7 Å². The quantitative estimate of drug-likeness (QED) is 0.833. The molecule has 0 aromatic heterocycles. The van der Waals surface area contributed by atoms with Crippen molar-refractivity contribution in [1.82, 2.24) is 0 Å². The van der Waals surface area contributed by atoms with Crippen LogP contribution in [0.25, 0.3) is 0 Å². The maximum absolute atomic E-state index is 12.3. The van der Waals surface area contributed by atoms with Crippen molar-refractivity contribution in [1.29, 1.82) is 0 Å². The molecule has 0 unspecified atom stereocenters. The topological polar surface area (TPSA) is 89.6 Å². The normalized spacial score (nSPS) is 14.4. The van der Waals surface area contributed by atoms with Crippen LogP contribution in [0.1, 0.15) is 32.8 Å². The number of halogens is 1. The molecule has 1 atom stereocenters. The second-order valence-electron chi connectivity index (χ2n) is 5.55. The van der Waals surface area contributed by atoms with E-state index >= 15 is 0 Å². The number of aliphatic carboxylic acids is 1. The van der Waals surface area contributed by atoms with Gasteiger partial charge in [0.05, 0.1) is 6.42 Å². The van der Waals surface area contributed by atoms with Gasteiger partial charge in [-0.25, -0.2) is 4.79 Å². The van der Waals surface area contributed by atoms with E-state index in [-0.39, 0.29) is 0 Å². The Morgan fingerprint density at radius 2 is 1.75 bits per heavy atom. The molecule has 0 aliphatic heterocycles. The molecule has 1 aromatic rings. The van der Waals surface area contributed by atoms with Crippen molar-refractivity contribution < 1.29 is 19.4 Å². The minimum absolute atomic E-state index is 0.346. The highest BCUT2D eigenvalue weighted by atomic mass is 35.5. The number of hydrogen-bond acceptors (Lipinski definition) is 4. The van der Waals surface area contributed by atoms with E-state index in [0.29, 0.717) is 10.6 Å². The summed E-state index contributed by atoms with van der Waals surface area (Å²) >= 11 is 5.78. The minimum Gasteiger partial charge on any atom is -0.481 e. The molecule has 0 fully saturated rings. The Morgan fingerprint density at radius 1 is 1.25 bits per heavy atom. The van der Waals surface area contributed by atoms with E-state index in [0.717, 1.165) is 0 Å². The zero-order chi connectivity index (χ0) is 15.6. The molecule has 0 aliphatic carbocycles. The number of carboxylic acids is 1. The molecule has 0 aliphatic rings. The Labute approximate surface area is 122 Å². The molecule has 0 saturated heterocycles. The van der Waals surface area contributed by atoms with Crippen LogP contribution < -0.4 is 5.73 Å². The fraction of sp³-hybridized carbons (Fsp3) is 0.429. The lowest BCUT2D eigenvalue weighted by atomic mass is 9.87. The van der Waals surface area contributed by atoms with Crippen molar-refractivity contribution in [2.45, 2.75) is 38.3 Å². The van der Waals surface area contributed by atoms with Crippen molar-refractivity contribution in [2.24, 2.45) is 5.73 Å². The number of nitrogens with two attached hydrogens (primary N) is 1. The molecule has 110 valence electrons. The summed E-state index contributed by atoms with van der Waals surface area (Å²) in [7, 11) is 0. The summed E-state index contributed by atoms with van der Waals surface area (Å²) < 4.78 is 5.23. The summed E-state index contributed by atoms with van der Waals surface area (Å²) in [4.78, 5) is 23.3. The second kappa shape index (κ2) is 5.81. The SMILES string of the molecule is CC(C)(C)OC(=O)[C@](N)(CC(=O)O)c1ccc(Cl)cc1. The van der Waals surface area contributed by atoms with E-state index < -0.39 is 29.5 Å². The maximum atomic E-state index is 12.3. The van der Waals surface area contributed by atoms with Crippen molar-refractivity contribution >= 4 is 23.5 Å². The largest absolute Gasteiger partial charge is 0.481 e.